The lowest BCUT2D eigenvalue weighted by molar-refractivity contribution is 0.0952. The van der Waals surface area contributed by atoms with Crippen LogP contribution in [-0.2, 0) is 13.0 Å². The number of nitrogens with zero attached hydrogens (tertiary/aromatic N) is 1. The number of fused-ring (bicyclic) bond motifs is 1. The number of ether oxygens (including phenoxy) is 2. The van der Waals surface area contributed by atoms with Crippen LogP contribution >= 0.6 is 0 Å². The van der Waals surface area contributed by atoms with Crippen LogP contribution in [0.25, 0.3) is 0 Å². The molecule has 0 aromatic heterocycles. The molecule has 1 aliphatic heterocycles. The summed E-state index contributed by atoms with van der Waals surface area (Å²) in [5.74, 6) is 1.73. The Morgan fingerprint density at radius 3 is 2.32 bits per heavy atom. The average Bonchev–Trinajstić information content (AvgIpc) is 3.03. The Labute approximate surface area is 243 Å². The smallest absolute Gasteiger partial charge is 0.255 e. The molecule has 7 heteroatoms. The van der Waals surface area contributed by atoms with Crippen molar-refractivity contribution >= 4 is 17.5 Å². The van der Waals surface area contributed by atoms with Crippen LogP contribution in [0.1, 0.15) is 81.8 Å². The molecular weight excluding hydrogens is 514 g/mol. The fourth-order valence-electron chi connectivity index (χ4n) is 6.06. The molecule has 0 atom stereocenters. The van der Waals surface area contributed by atoms with E-state index in [1.807, 2.05) is 24.3 Å². The fourth-order valence-corrected chi connectivity index (χ4v) is 6.06. The first kappa shape index (κ1) is 28.7. The van der Waals surface area contributed by atoms with Crippen molar-refractivity contribution in [2.24, 2.45) is 0 Å². The topological polar surface area (TPSA) is 79.9 Å². The Bertz CT molecular complexity index is 1350. The molecule has 2 N–H and O–H groups in total. The number of carbonyl (C=O) groups excluding carboxylic acids is 2. The number of para-hydroxylation sites is 1. The minimum absolute atomic E-state index is 0.186. The van der Waals surface area contributed by atoms with Gasteiger partial charge in [0.1, 0.15) is 0 Å². The SMILES string of the molecule is COc1cc2c(cc1OC)CN(CCCNC(=O)c1ccccc1NC(=O)c1ccc(C3CCCCC3)cc1)CC2. The monoisotopic (exact) mass is 555 g/mol. The van der Waals surface area contributed by atoms with E-state index in [-0.39, 0.29) is 11.8 Å². The fraction of sp³-hybridized carbons (Fsp3) is 0.412. The van der Waals surface area contributed by atoms with Gasteiger partial charge < -0.3 is 20.1 Å². The van der Waals surface area contributed by atoms with E-state index >= 15 is 0 Å². The Balaban J connectivity index is 1.11. The molecule has 3 aromatic rings. The molecule has 216 valence electrons. The molecule has 1 fully saturated rings. The zero-order valence-electron chi connectivity index (χ0n) is 24.2. The van der Waals surface area contributed by atoms with Crippen LogP contribution in [0.4, 0.5) is 5.69 Å². The van der Waals surface area contributed by atoms with Crippen LogP contribution < -0.4 is 20.1 Å². The van der Waals surface area contributed by atoms with Gasteiger partial charge in [0, 0.05) is 31.7 Å². The molecule has 5 rings (SSSR count). The second-order valence-corrected chi connectivity index (χ2v) is 11.1. The molecular formula is C34H41N3O4. The third-order valence-electron chi connectivity index (χ3n) is 8.40. The first-order chi connectivity index (χ1) is 20.1. The quantitative estimate of drug-likeness (QED) is 0.292. The van der Waals surface area contributed by atoms with Crippen molar-refractivity contribution < 1.29 is 19.1 Å². The molecule has 1 heterocycles. The predicted octanol–water partition coefficient (Wildman–Crippen LogP) is 6.18. The molecule has 0 spiro atoms. The van der Waals surface area contributed by atoms with Crippen molar-refractivity contribution in [1.29, 1.82) is 0 Å². The van der Waals surface area contributed by atoms with Gasteiger partial charge in [0.2, 0.25) is 0 Å². The minimum atomic E-state index is -0.208. The molecule has 1 saturated carbocycles. The van der Waals surface area contributed by atoms with Gasteiger partial charge in [0.15, 0.2) is 11.5 Å². The molecule has 7 nitrogen and oxygen atoms in total. The van der Waals surface area contributed by atoms with Crippen molar-refractivity contribution in [3.8, 4) is 11.5 Å². The van der Waals surface area contributed by atoms with Crippen LogP contribution in [0.15, 0.2) is 60.7 Å². The normalized spacial score (nSPS) is 15.6. The van der Waals surface area contributed by atoms with E-state index in [1.54, 1.807) is 26.4 Å². The van der Waals surface area contributed by atoms with E-state index in [9.17, 15) is 9.59 Å². The Kier molecular flexibility index (Phi) is 9.57. The number of methoxy groups -OCH3 is 2. The average molecular weight is 556 g/mol. The molecule has 2 aliphatic rings. The van der Waals surface area contributed by atoms with Crippen molar-refractivity contribution in [2.75, 3.05) is 39.2 Å². The summed E-state index contributed by atoms with van der Waals surface area (Å²) in [6.45, 7) is 3.25. The predicted molar refractivity (Wildman–Crippen MR) is 162 cm³/mol. The zero-order chi connectivity index (χ0) is 28.6. The summed E-state index contributed by atoms with van der Waals surface area (Å²) in [5, 5.41) is 5.98. The maximum atomic E-state index is 13.0. The van der Waals surface area contributed by atoms with Gasteiger partial charge in [-0.2, -0.15) is 0 Å². The van der Waals surface area contributed by atoms with Gasteiger partial charge in [-0.05, 0) is 84.7 Å². The number of nitrogens with one attached hydrogen (secondary N) is 2. The highest BCUT2D eigenvalue weighted by Gasteiger charge is 2.20. The van der Waals surface area contributed by atoms with Crippen LogP contribution in [0.2, 0.25) is 0 Å². The van der Waals surface area contributed by atoms with Gasteiger partial charge in [-0.25, -0.2) is 0 Å². The molecule has 41 heavy (non-hydrogen) atoms. The zero-order valence-corrected chi connectivity index (χ0v) is 24.2. The summed E-state index contributed by atoms with van der Waals surface area (Å²) in [4.78, 5) is 28.5. The van der Waals surface area contributed by atoms with E-state index in [0.717, 1.165) is 44.0 Å². The van der Waals surface area contributed by atoms with E-state index in [4.69, 9.17) is 9.47 Å². The lowest BCUT2D eigenvalue weighted by Crippen LogP contribution is -2.34. The largest absolute Gasteiger partial charge is 0.493 e. The lowest BCUT2D eigenvalue weighted by atomic mass is 9.84. The van der Waals surface area contributed by atoms with Gasteiger partial charge in [-0.1, -0.05) is 43.5 Å². The summed E-state index contributed by atoms with van der Waals surface area (Å²) < 4.78 is 10.9. The van der Waals surface area contributed by atoms with E-state index in [1.165, 1.54) is 48.8 Å². The summed E-state index contributed by atoms with van der Waals surface area (Å²) in [6.07, 6.45) is 8.13. The second-order valence-electron chi connectivity index (χ2n) is 11.1. The summed E-state index contributed by atoms with van der Waals surface area (Å²) >= 11 is 0. The first-order valence-electron chi connectivity index (χ1n) is 14.8. The van der Waals surface area contributed by atoms with Crippen molar-refractivity contribution in [2.45, 2.75) is 57.4 Å². The number of rotatable bonds is 10. The maximum Gasteiger partial charge on any atom is 0.255 e. The number of carbonyl (C=O) groups is 2. The van der Waals surface area contributed by atoms with Crippen molar-refractivity contribution in [3.63, 3.8) is 0 Å². The highest BCUT2D eigenvalue weighted by atomic mass is 16.5. The van der Waals surface area contributed by atoms with E-state index < -0.39 is 0 Å². The summed E-state index contributed by atoms with van der Waals surface area (Å²) in [7, 11) is 3.32. The molecule has 0 bridgehead atoms. The number of benzene rings is 3. The van der Waals surface area contributed by atoms with Gasteiger partial charge in [0.05, 0.1) is 25.5 Å². The Hall–Kier alpha value is -3.84. The Morgan fingerprint density at radius 1 is 0.878 bits per heavy atom. The standard InChI is InChI=1S/C34H41N3O4/c1-40-31-21-27-17-20-37(23-28(27)22-32(31)41-2)19-8-18-35-34(39)29-11-6-7-12-30(29)36-33(38)26-15-13-25(14-16-26)24-9-4-3-5-10-24/h6-7,11-16,21-22,24H,3-5,8-10,17-20,23H2,1-2H3,(H,35,39)(H,36,38). The minimum Gasteiger partial charge on any atom is -0.493 e. The van der Waals surface area contributed by atoms with Gasteiger partial charge in [0.25, 0.3) is 11.8 Å². The van der Waals surface area contributed by atoms with Crippen molar-refractivity contribution in [3.05, 3.63) is 88.5 Å². The van der Waals surface area contributed by atoms with Gasteiger partial charge in [-0.15, -0.1) is 0 Å². The first-order valence-corrected chi connectivity index (χ1v) is 14.8. The third-order valence-corrected chi connectivity index (χ3v) is 8.40. The van der Waals surface area contributed by atoms with Crippen LogP contribution in [0, 0.1) is 0 Å². The highest BCUT2D eigenvalue weighted by Crippen LogP contribution is 2.34. The molecule has 2 amide bonds. The van der Waals surface area contributed by atoms with Gasteiger partial charge >= 0.3 is 0 Å². The molecule has 0 radical (unpaired) electrons. The number of hydrogen-bond donors (Lipinski definition) is 2. The third kappa shape index (κ3) is 7.09. The highest BCUT2D eigenvalue weighted by molar-refractivity contribution is 6.09. The summed E-state index contributed by atoms with van der Waals surface area (Å²) in [6, 6.07) is 19.3. The van der Waals surface area contributed by atoms with Crippen LogP contribution in [0.3, 0.4) is 0 Å². The lowest BCUT2D eigenvalue weighted by Gasteiger charge is -2.29. The van der Waals surface area contributed by atoms with Crippen molar-refractivity contribution in [1.82, 2.24) is 10.2 Å². The number of hydrogen-bond acceptors (Lipinski definition) is 5. The van der Waals surface area contributed by atoms with Crippen LogP contribution in [-0.4, -0.2) is 50.6 Å². The van der Waals surface area contributed by atoms with Gasteiger partial charge in [-0.3, -0.25) is 14.5 Å². The molecule has 1 aliphatic carbocycles. The van der Waals surface area contributed by atoms with Crippen LogP contribution in [0.5, 0.6) is 11.5 Å². The van der Waals surface area contributed by atoms with E-state index in [0.29, 0.717) is 29.3 Å². The van der Waals surface area contributed by atoms with E-state index in [2.05, 4.69) is 39.8 Å². The maximum absolute atomic E-state index is 13.0. The molecule has 0 unspecified atom stereocenters. The summed E-state index contributed by atoms with van der Waals surface area (Å²) in [5.41, 5.74) is 5.45. The molecule has 3 aromatic carbocycles. The number of amides is 2. The molecule has 0 saturated heterocycles. The number of anilines is 1. The second kappa shape index (κ2) is 13.7. The Morgan fingerprint density at radius 2 is 1.59 bits per heavy atom.